The molecule has 0 heterocycles. The van der Waals surface area contributed by atoms with E-state index in [2.05, 4.69) is 58.7 Å². The minimum absolute atomic E-state index is 0.152. The Morgan fingerprint density at radius 3 is 2.32 bits per heavy atom. The van der Waals surface area contributed by atoms with Crippen LogP contribution in [0.1, 0.15) is 32.8 Å². The molecule has 0 aliphatic rings. The molecule has 0 aliphatic heterocycles. The highest BCUT2D eigenvalue weighted by molar-refractivity contribution is 9.10. The van der Waals surface area contributed by atoms with Gasteiger partial charge in [-0.2, -0.15) is 0 Å². The molecule has 0 spiro atoms. The molecule has 1 unspecified atom stereocenters. The van der Waals surface area contributed by atoms with E-state index in [0.717, 1.165) is 21.8 Å². The van der Waals surface area contributed by atoms with Crippen LogP contribution in [0, 0.1) is 0 Å². The fourth-order valence-corrected chi connectivity index (χ4v) is 2.87. The summed E-state index contributed by atoms with van der Waals surface area (Å²) in [5.41, 5.74) is 0.660. The molecule has 0 aromatic heterocycles. The highest BCUT2D eigenvalue weighted by Crippen LogP contribution is 2.33. The number of methoxy groups -OCH3 is 1. The second-order valence-electron chi connectivity index (χ2n) is 5.41. The molecule has 0 saturated carbocycles. The lowest BCUT2D eigenvalue weighted by atomic mass is 9.97. The molecule has 1 aromatic rings. The second kappa shape index (κ2) is 7.21. The first-order valence-electron chi connectivity index (χ1n) is 6.35. The van der Waals surface area contributed by atoms with E-state index in [0.29, 0.717) is 6.61 Å². The molecule has 1 rings (SSSR count). The summed E-state index contributed by atoms with van der Waals surface area (Å²) in [6.07, 6.45) is 0.858. The largest absolute Gasteiger partial charge is 0.379 e. The van der Waals surface area contributed by atoms with E-state index < -0.39 is 0 Å². The van der Waals surface area contributed by atoms with Gasteiger partial charge in [-0.25, -0.2) is 0 Å². The number of hydrogen-bond acceptors (Lipinski definition) is 2. The van der Waals surface area contributed by atoms with Gasteiger partial charge in [0.15, 0.2) is 0 Å². The first kappa shape index (κ1) is 17.2. The Hall–Kier alpha value is 0.1000. The molecule has 2 nitrogen and oxygen atoms in total. The summed E-state index contributed by atoms with van der Waals surface area (Å²) in [7, 11) is 1.73. The normalized spacial score (nSPS) is 15.3. The number of hydrogen-bond donors (Lipinski definition) is 0. The van der Waals surface area contributed by atoms with Crippen LogP contribution in [0.2, 0.25) is 0 Å². The van der Waals surface area contributed by atoms with Crippen molar-refractivity contribution in [3.05, 3.63) is 34.3 Å². The maximum absolute atomic E-state index is 6.13. The topological polar surface area (TPSA) is 18.5 Å². The number of rotatable bonds is 7. The van der Waals surface area contributed by atoms with Crippen molar-refractivity contribution in [2.75, 3.05) is 19.0 Å². The second-order valence-corrected chi connectivity index (χ2v) is 6.82. The van der Waals surface area contributed by atoms with Gasteiger partial charge in [-0.1, -0.05) is 50.1 Å². The van der Waals surface area contributed by atoms with Crippen molar-refractivity contribution < 1.29 is 9.47 Å². The first-order chi connectivity index (χ1) is 8.84. The molecular formula is C15H22Br2O2. The predicted molar refractivity (Wildman–Crippen MR) is 86.9 cm³/mol. The van der Waals surface area contributed by atoms with Crippen LogP contribution in [0.5, 0.6) is 0 Å². The van der Waals surface area contributed by atoms with Gasteiger partial charge in [0.25, 0.3) is 0 Å². The minimum Gasteiger partial charge on any atom is -0.379 e. The molecule has 0 bridgehead atoms. The monoisotopic (exact) mass is 392 g/mol. The van der Waals surface area contributed by atoms with Gasteiger partial charge in [0.05, 0.1) is 12.2 Å². The third-order valence-electron chi connectivity index (χ3n) is 3.38. The van der Waals surface area contributed by atoms with Gasteiger partial charge >= 0.3 is 0 Å². The highest BCUT2D eigenvalue weighted by atomic mass is 79.9. The molecule has 0 N–H and O–H groups in total. The fraction of sp³-hybridized carbons (Fsp3) is 0.600. The van der Waals surface area contributed by atoms with Crippen molar-refractivity contribution in [2.24, 2.45) is 0 Å². The number of benzene rings is 1. The summed E-state index contributed by atoms with van der Waals surface area (Å²) >= 11 is 7.16. The third kappa shape index (κ3) is 4.85. The molecule has 1 aromatic carbocycles. The lowest BCUT2D eigenvalue weighted by molar-refractivity contribution is -0.0584. The van der Waals surface area contributed by atoms with Gasteiger partial charge in [0.2, 0.25) is 0 Å². The van der Waals surface area contributed by atoms with Gasteiger partial charge in [0.1, 0.15) is 5.60 Å². The van der Waals surface area contributed by atoms with Crippen molar-refractivity contribution in [1.29, 1.82) is 0 Å². The van der Waals surface area contributed by atoms with Crippen LogP contribution in [0.25, 0.3) is 0 Å². The van der Waals surface area contributed by atoms with E-state index in [4.69, 9.17) is 9.47 Å². The fourth-order valence-electron chi connectivity index (χ4n) is 1.70. The molecule has 0 saturated heterocycles. The molecule has 108 valence electrons. The summed E-state index contributed by atoms with van der Waals surface area (Å²) in [6.45, 7) is 6.90. The van der Waals surface area contributed by atoms with Gasteiger partial charge < -0.3 is 9.47 Å². The lowest BCUT2D eigenvalue weighted by Gasteiger charge is -2.31. The maximum atomic E-state index is 6.13. The average molecular weight is 394 g/mol. The molecule has 0 amide bonds. The molecular weight excluding hydrogens is 372 g/mol. The Kier molecular flexibility index (Phi) is 6.51. The number of alkyl halides is 1. The SMILES string of the molecule is COC(C)(C)CCOC(C)(CBr)c1ccccc1Br. The van der Waals surface area contributed by atoms with Crippen LogP contribution in [-0.2, 0) is 15.1 Å². The van der Waals surface area contributed by atoms with Gasteiger partial charge in [-0.05, 0) is 38.8 Å². The van der Waals surface area contributed by atoms with Gasteiger partial charge in [-0.3, -0.25) is 0 Å². The Labute approximate surface area is 133 Å². The van der Waals surface area contributed by atoms with Crippen LogP contribution in [0.15, 0.2) is 28.7 Å². The quantitative estimate of drug-likeness (QED) is 0.614. The van der Waals surface area contributed by atoms with Crippen LogP contribution in [0.3, 0.4) is 0 Å². The van der Waals surface area contributed by atoms with Crippen molar-refractivity contribution in [3.8, 4) is 0 Å². The van der Waals surface area contributed by atoms with Crippen molar-refractivity contribution >= 4 is 31.9 Å². The number of halogens is 2. The Balaban J connectivity index is 2.74. The molecule has 1 atom stereocenters. The van der Waals surface area contributed by atoms with E-state index in [1.165, 1.54) is 0 Å². The molecule has 0 aliphatic carbocycles. The predicted octanol–water partition coefficient (Wildman–Crippen LogP) is 4.89. The third-order valence-corrected chi connectivity index (χ3v) is 5.14. The minimum atomic E-state index is -0.343. The summed E-state index contributed by atoms with van der Waals surface area (Å²) in [4.78, 5) is 0. The standard InChI is InChI=1S/C15H22Br2O2/c1-14(2,18-4)9-10-19-15(3,11-16)12-7-5-6-8-13(12)17/h5-8H,9-11H2,1-4H3. The van der Waals surface area contributed by atoms with Gasteiger partial charge in [0, 0.05) is 16.9 Å². The maximum Gasteiger partial charge on any atom is 0.101 e. The summed E-state index contributed by atoms with van der Waals surface area (Å²) in [5.74, 6) is 0. The van der Waals surface area contributed by atoms with Crippen molar-refractivity contribution in [2.45, 2.75) is 38.4 Å². The van der Waals surface area contributed by atoms with Crippen LogP contribution >= 0.6 is 31.9 Å². The van der Waals surface area contributed by atoms with E-state index in [9.17, 15) is 0 Å². The van der Waals surface area contributed by atoms with Crippen LogP contribution < -0.4 is 0 Å². The average Bonchev–Trinajstić information content (AvgIpc) is 2.39. The van der Waals surface area contributed by atoms with E-state index in [1.54, 1.807) is 7.11 Å². The first-order valence-corrected chi connectivity index (χ1v) is 8.26. The highest BCUT2D eigenvalue weighted by Gasteiger charge is 2.29. The zero-order chi connectivity index (χ0) is 14.5. The Morgan fingerprint density at radius 1 is 1.16 bits per heavy atom. The lowest BCUT2D eigenvalue weighted by Crippen LogP contribution is -2.32. The number of ether oxygens (including phenoxy) is 2. The Morgan fingerprint density at radius 2 is 1.79 bits per heavy atom. The van der Waals surface area contributed by atoms with Gasteiger partial charge in [-0.15, -0.1) is 0 Å². The van der Waals surface area contributed by atoms with Crippen molar-refractivity contribution in [1.82, 2.24) is 0 Å². The smallest absolute Gasteiger partial charge is 0.101 e. The summed E-state index contributed by atoms with van der Waals surface area (Å²) in [6, 6.07) is 8.17. The molecule has 19 heavy (non-hydrogen) atoms. The molecule has 0 fully saturated rings. The van der Waals surface area contributed by atoms with Crippen molar-refractivity contribution in [3.63, 3.8) is 0 Å². The van der Waals surface area contributed by atoms with E-state index in [1.807, 2.05) is 18.2 Å². The molecule has 0 radical (unpaired) electrons. The van der Waals surface area contributed by atoms with E-state index in [-0.39, 0.29) is 11.2 Å². The van der Waals surface area contributed by atoms with Crippen LogP contribution in [-0.4, -0.2) is 24.6 Å². The zero-order valence-corrected chi connectivity index (χ0v) is 15.2. The van der Waals surface area contributed by atoms with Crippen LogP contribution in [0.4, 0.5) is 0 Å². The summed E-state index contributed by atoms with van der Waals surface area (Å²) in [5, 5.41) is 0.746. The zero-order valence-electron chi connectivity index (χ0n) is 12.0. The summed E-state index contributed by atoms with van der Waals surface area (Å²) < 4.78 is 12.6. The Bertz CT molecular complexity index is 407. The van der Waals surface area contributed by atoms with E-state index >= 15 is 0 Å². The molecule has 4 heteroatoms.